The average molecular weight is 292 g/mol. The number of benzene rings is 1. The maximum absolute atomic E-state index is 13.8. The van der Waals surface area contributed by atoms with E-state index < -0.39 is 0 Å². The Labute approximate surface area is 124 Å². The van der Waals surface area contributed by atoms with E-state index in [0.29, 0.717) is 24.3 Å². The summed E-state index contributed by atoms with van der Waals surface area (Å²) < 4.78 is 24.9. The average Bonchev–Trinajstić information content (AvgIpc) is 2.52. The highest BCUT2D eigenvalue weighted by molar-refractivity contribution is 5.34. The van der Waals surface area contributed by atoms with Crippen LogP contribution in [-0.4, -0.2) is 26.0 Å². The Hall–Kier alpha value is -1.48. The van der Waals surface area contributed by atoms with Crippen molar-refractivity contribution < 1.29 is 13.9 Å². The molecule has 5 heteroatoms. The Morgan fingerprint density at radius 3 is 3.05 bits per heavy atom. The first-order valence-corrected chi connectivity index (χ1v) is 7.37. The van der Waals surface area contributed by atoms with Crippen LogP contribution in [-0.2, 0) is 9.47 Å². The zero-order chi connectivity index (χ0) is 15.1. The summed E-state index contributed by atoms with van der Waals surface area (Å²) in [6, 6.07) is 6.34. The van der Waals surface area contributed by atoms with E-state index in [4.69, 9.17) is 14.7 Å². The second kappa shape index (κ2) is 8.08. The van der Waals surface area contributed by atoms with Gasteiger partial charge in [0, 0.05) is 24.8 Å². The molecule has 1 fully saturated rings. The summed E-state index contributed by atoms with van der Waals surface area (Å²) in [7, 11) is 0. The first-order chi connectivity index (χ1) is 10.2. The van der Waals surface area contributed by atoms with E-state index in [-0.39, 0.29) is 18.1 Å². The second-order valence-corrected chi connectivity index (χ2v) is 5.19. The van der Waals surface area contributed by atoms with Gasteiger partial charge in [0.2, 0.25) is 0 Å². The highest BCUT2D eigenvalue weighted by atomic mass is 19.1. The molecule has 0 aromatic heterocycles. The molecule has 4 nitrogen and oxygen atoms in total. The zero-order valence-electron chi connectivity index (χ0n) is 12.3. The molecule has 0 spiro atoms. The molecule has 0 aliphatic carbocycles. The van der Waals surface area contributed by atoms with Crippen molar-refractivity contribution in [1.82, 2.24) is 5.32 Å². The Morgan fingerprint density at radius 2 is 2.38 bits per heavy atom. The fourth-order valence-corrected chi connectivity index (χ4v) is 2.37. The Morgan fingerprint density at radius 1 is 1.52 bits per heavy atom. The minimum Gasteiger partial charge on any atom is -0.353 e. The van der Waals surface area contributed by atoms with Crippen LogP contribution in [0, 0.1) is 17.1 Å². The maximum Gasteiger partial charge on any atom is 0.157 e. The molecular weight excluding hydrogens is 271 g/mol. The molecule has 2 atom stereocenters. The lowest BCUT2D eigenvalue weighted by Crippen LogP contribution is -2.28. The number of rotatable bonds is 6. The molecule has 21 heavy (non-hydrogen) atoms. The monoisotopic (exact) mass is 292 g/mol. The van der Waals surface area contributed by atoms with Crippen LogP contribution in [0.4, 0.5) is 4.39 Å². The smallest absolute Gasteiger partial charge is 0.157 e. The molecule has 2 rings (SSSR count). The molecule has 0 radical (unpaired) electrons. The first-order valence-electron chi connectivity index (χ1n) is 7.37. The van der Waals surface area contributed by atoms with Crippen molar-refractivity contribution in [2.24, 2.45) is 0 Å². The van der Waals surface area contributed by atoms with E-state index in [1.807, 2.05) is 13.0 Å². The predicted octanol–water partition coefficient (Wildman–Crippen LogP) is 2.89. The largest absolute Gasteiger partial charge is 0.353 e. The summed E-state index contributed by atoms with van der Waals surface area (Å²) in [4.78, 5) is 0. The van der Waals surface area contributed by atoms with Gasteiger partial charge in [-0.15, -0.1) is 0 Å². The number of hydrogen-bond acceptors (Lipinski definition) is 4. The van der Waals surface area contributed by atoms with E-state index in [2.05, 4.69) is 5.32 Å². The fraction of sp³-hybridized carbons (Fsp3) is 0.562. The second-order valence-electron chi connectivity index (χ2n) is 5.19. The van der Waals surface area contributed by atoms with Crippen LogP contribution >= 0.6 is 0 Å². The van der Waals surface area contributed by atoms with E-state index >= 15 is 0 Å². The van der Waals surface area contributed by atoms with Crippen molar-refractivity contribution in [3.05, 3.63) is 35.1 Å². The molecule has 0 bridgehead atoms. The molecule has 1 heterocycles. The quantitative estimate of drug-likeness (QED) is 0.819. The lowest BCUT2D eigenvalue weighted by atomic mass is 10.1. The Kier molecular flexibility index (Phi) is 6.12. The van der Waals surface area contributed by atoms with Gasteiger partial charge in [-0.2, -0.15) is 5.26 Å². The maximum atomic E-state index is 13.8. The molecule has 114 valence electrons. The zero-order valence-corrected chi connectivity index (χ0v) is 12.3. The van der Waals surface area contributed by atoms with E-state index in [0.717, 1.165) is 25.9 Å². The fourth-order valence-electron chi connectivity index (χ4n) is 2.37. The van der Waals surface area contributed by atoms with Gasteiger partial charge in [0.15, 0.2) is 6.29 Å². The topological polar surface area (TPSA) is 54.3 Å². The van der Waals surface area contributed by atoms with E-state index in [1.165, 1.54) is 6.07 Å². The minimum absolute atomic E-state index is 0.0949. The van der Waals surface area contributed by atoms with Crippen LogP contribution in [0.1, 0.15) is 43.4 Å². The first kappa shape index (κ1) is 15.9. The van der Waals surface area contributed by atoms with Gasteiger partial charge in [-0.3, -0.25) is 0 Å². The summed E-state index contributed by atoms with van der Waals surface area (Å²) in [5.41, 5.74) is 0.893. The number of nitrogens with one attached hydrogen (secondary N) is 1. The van der Waals surface area contributed by atoms with Gasteiger partial charge < -0.3 is 14.8 Å². The van der Waals surface area contributed by atoms with Crippen molar-refractivity contribution >= 4 is 0 Å². The van der Waals surface area contributed by atoms with Crippen LogP contribution in [0.25, 0.3) is 0 Å². The molecule has 0 amide bonds. The van der Waals surface area contributed by atoms with E-state index in [1.54, 1.807) is 12.1 Å². The van der Waals surface area contributed by atoms with Crippen LogP contribution < -0.4 is 5.32 Å². The number of nitriles is 1. The SMILES string of the molecule is C[C@@H](NCCO[C@H]1CCCCO1)c1ccc(C#N)cc1F. The minimum atomic E-state index is -0.356. The van der Waals surface area contributed by atoms with Gasteiger partial charge >= 0.3 is 0 Å². The van der Waals surface area contributed by atoms with Gasteiger partial charge in [0.1, 0.15) is 5.82 Å². The van der Waals surface area contributed by atoms with Crippen LogP contribution in [0.15, 0.2) is 18.2 Å². The lowest BCUT2D eigenvalue weighted by Gasteiger charge is -2.23. The normalized spacial score (nSPS) is 20.0. The summed E-state index contributed by atoms with van der Waals surface area (Å²) in [5.74, 6) is -0.356. The van der Waals surface area contributed by atoms with Crippen molar-refractivity contribution in [2.45, 2.75) is 38.5 Å². The molecule has 1 aromatic rings. The third-order valence-corrected chi connectivity index (χ3v) is 3.59. The molecule has 1 aliphatic rings. The number of ether oxygens (including phenoxy) is 2. The van der Waals surface area contributed by atoms with Crippen LogP contribution in [0.2, 0.25) is 0 Å². The summed E-state index contributed by atoms with van der Waals surface area (Å²) in [6.45, 7) is 3.82. The van der Waals surface area contributed by atoms with Gasteiger partial charge in [-0.25, -0.2) is 4.39 Å². The molecule has 1 N–H and O–H groups in total. The third-order valence-electron chi connectivity index (χ3n) is 3.59. The molecular formula is C16H21FN2O2. The van der Waals surface area contributed by atoms with Crippen molar-refractivity contribution in [1.29, 1.82) is 5.26 Å². The third kappa shape index (κ3) is 4.78. The van der Waals surface area contributed by atoms with Crippen molar-refractivity contribution in [3.63, 3.8) is 0 Å². The van der Waals surface area contributed by atoms with Crippen molar-refractivity contribution in [3.8, 4) is 6.07 Å². The summed E-state index contributed by atoms with van der Waals surface area (Å²) in [6.07, 6.45) is 3.10. The van der Waals surface area contributed by atoms with Gasteiger partial charge in [0.05, 0.1) is 18.2 Å². The highest BCUT2D eigenvalue weighted by Crippen LogP contribution is 2.18. The lowest BCUT2D eigenvalue weighted by molar-refractivity contribution is -0.161. The molecule has 1 saturated heterocycles. The van der Waals surface area contributed by atoms with Crippen LogP contribution in [0.5, 0.6) is 0 Å². The predicted molar refractivity (Wildman–Crippen MR) is 77.1 cm³/mol. The van der Waals surface area contributed by atoms with Gasteiger partial charge in [0.25, 0.3) is 0 Å². The Bertz CT molecular complexity index is 496. The van der Waals surface area contributed by atoms with E-state index in [9.17, 15) is 4.39 Å². The summed E-state index contributed by atoms with van der Waals surface area (Å²) in [5, 5.41) is 11.9. The Balaban J connectivity index is 1.74. The highest BCUT2D eigenvalue weighted by Gasteiger charge is 2.14. The van der Waals surface area contributed by atoms with Crippen LogP contribution in [0.3, 0.4) is 0 Å². The molecule has 1 aliphatic heterocycles. The molecule has 1 aromatic carbocycles. The number of halogens is 1. The standard InChI is InChI=1S/C16H21FN2O2/c1-12(14-6-5-13(11-18)10-15(14)17)19-7-9-21-16-4-2-3-8-20-16/h5-6,10,12,16,19H,2-4,7-9H2,1H3/t12-,16+/m1/s1. The molecule has 0 unspecified atom stereocenters. The number of hydrogen-bond donors (Lipinski definition) is 1. The van der Waals surface area contributed by atoms with Gasteiger partial charge in [-0.05, 0) is 38.3 Å². The summed E-state index contributed by atoms with van der Waals surface area (Å²) >= 11 is 0. The molecule has 0 saturated carbocycles. The number of nitrogens with zero attached hydrogens (tertiary/aromatic N) is 1. The van der Waals surface area contributed by atoms with Crippen molar-refractivity contribution in [2.75, 3.05) is 19.8 Å². The van der Waals surface area contributed by atoms with Gasteiger partial charge in [-0.1, -0.05) is 6.07 Å².